The van der Waals surface area contributed by atoms with Crippen LogP contribution in [-0.2, 0) is 65.4 Å². The Kier molecular flexibility index (Phi) is 70.3. The van der Waals surface area contributed by atoms with Gasteiger partial charge in [0.1, 0.15) is 19.3 Å². The van der Waals surface area contributed by atoms with Crippen LogP contribution in [0.3, 0.4) is 0 Å². The summed E-state index contributed by atoms with van der Waals surface area (Å²) in [5, 5.41) is 10.6. The fourth-order valence-corrected chi connectivity index (χ4v) is 13.6. The highest BCUT2D eigenvalue weighted by Crippen LogP contribution is 2.45. The molecule has 19 heteroatoms. The van der Waals surface area contributed by atoms with Crippen LogP contribution in [0, 0.1) is 11.8 Å². The van der Waals surface area contributed by atoms with E-state index in [9.17, 15) is 43.2 Å². The van der Waals surface area contributed by atoms with E-state index < -0.39 is 97.5 Å². The van der Waals surface area contributed by atoms with E-state index in [1.807, 2.05) is 0 Å². The fraction of sp³-hybridized carbons (Fsp3) is 0.901. The monoisotopic (exact) mass is 1460 g/mol. The van der Waals surface area contributed by atoms with Crippen molar-refractivity contribution in [2.75, 3.05) is 39.6 Å². The highest BCUT2D eigenvalue weighted by Gasteiger charge is 2.30. The van der Waals surface area contributed by atoms with Crippen LogP contribution in [0.15, 0.2) is 24.3 Å². The molecule has 0 saturated carbocycles. The number of carbonyl (C=O) groups is 4. The van der Waals surface area contributed by atoms with Gasteiger partial charge in [-0.2, -0.15) is 0 Å². The average molecular weight is 1460 g/mol. The maximum absolute atomic E-state index is 13.1. The third-order valence-electron chi connectivity index (χ3n) is 18.3. The first-order valence-electron chi connectivity index (χ1n) is 41.3. The molecule has 0 heterocycles. The number of allylic oxidation sites excluding steroid dienone is 4. The van der Waals surface area contributed by atoms with Gasteiger partial charge < -0.3 is 33.8 Å². The van der Waals surface area contributed by atoms with Crippen molar-refractivity contribution in [2.24, 2.45) is 11.8 Å². The van der Waals surface area contributed by atoms with E-state index in [0.717, 1.165) is 121 Å². The first-order chi connectivity index (χ1) is 48.4. The van der Waals surface area contributed by atoms with Gasteiger partial charge in [0, 0.05) is 25.7 Å². The first-order valence-corrected chi connectivity index (χ1v) is 44.3. The number of rotatable bonds is 78. The van der Waals surface area contributed by atoms with Crippen LogP contribution in [0.1, 0.15) is 401 Å². The van der Waals surface area contributed by atoms with Crippen LogP contribution in [0.4, 0.5) is 0 Å². The summed E-state index contributed by atoms with van der Waals surface area (Å²) >= 11 is 0. The molecule has 0 saturated heterocycles. The van der Waals surface area contributed by atoms with Crippen molar-refractivity contribution in [3.8, 4) is 0 Å². The highest BCUT2D eigenvalue weighted by molar-refractivity contribution is 7.47. The Labute approximate surface area is 612 Å². The molecule has 17 nitrogen and oxygen atoms in total. The van der Waals surface area contributed by atoms with Gasteiger partial charge in [-0.25, -0.2) is 9.13 Å². The molecular formula is C81H154O17P2. The fourth-order valence-electron chi connectivity index (χ4n) is 12.0. The Morgan fingerprint density at radius 1 is 0.310 bits per heavy atom. The molecule has 0 aliphatic rings. The van der Waals surface area contributed by atoms with Crippen molar-refractivity contribution < 1.29 is 80.2 Å². The Morgan fingerprint density at radius 2 is 0.540 bits per heavy atom. The Balaban J connectivity index is 5.28. The molecule has 100 heavy (non-hydrogen) atoms. The van der Waals surface area contributed by atoms with Gasteiger partial charge in [-0.1, -0.05) is 348 Å². The SMILES string of the molecule is CCCCCC/C=C\C=C/CCCCCCCC(=O)OC[C@H](COP(=O)(O)OC[C@@H](O)COP(=O)(O)OC[C@@H](COC(=O)CCCCCCCCCCCC(C)C)OC(=O)CCCCCCCCCCCCC(C)C)OC(=O)CCCCCCCCCCCCCCCCCCCCCC. The summed E-state index contributed by atoms with van der Waals surface area (Å²) in [6.45, 7) is 9.53. The Morgan fingerprint density at radius 3 is 0.820 bits per heavy atom. The summed E-state index contributed by atoms with van der Waals surface area (Å²) in [6, 6.07) is 0. The smallest absolute Gasteiger partial charge is 0.462 e. The lowest BCUT2D eigenvalue weighted by Crippen LogP contribution is -2.30. The molecule has 590 valence electrons. The molecule has 0 rings (SSSR count). The van der Waals surface area contributed by atoms with Crippen LogP contribution in [-0.4, -0.2) is 96.7 Å². The lowest BCUT2D eigenvalue weighted by molar-refractivity contribution is -0.161. The van der Waals surface area contributed by atoms with Crippen LogP contribution in [0.25, 0.3) is 0 Å². The van der Waals surface area contributed by atoms with E-state index in [1.54, 1.807) is 0 Å². The van der Waals surface area contributed by atoms with Crippen LogP contribution >= 0.6 is 15.6 Å². The van der Waals surface area contributed by atoms with E-state index in [1.165, 1.54) is 199 Å². The van der Waals surface area contributed by atoms with E-state index in [4.69, 9.17) is 37.0 Å². The van der Waals surface area contributed by atoms with Gasteiger partial charge in [-0.3, -0.25) is 37.3 Å². The van der Waals surface area contributed by atoms with Gasteiger partial charge in [0.25, 0.3) is 0 Å². The molecule has 0 aromatic heterocycles. The number of carbonyl (C=O) groups excluding carboxylic acids is 4. The summed E-state index contributed by atoms with van der Waals surface area (Å²) in [4.78, 5) is 73.0. The number of phosphoric acid groups is 2. The van der Waals surface area contributed by atoms with Crippen molar-refractivity contribution in [1.82, 2.24) is 0 Å². The summed E-state index contributed by atoms with van der Waals surface area (Å²) in [5.74, 6) is -0.648. The van der Waals surface area contributed by atoms with Crippen LogP contribution < -0.4 is 0 Å². The molecule has 0 aliphatic heterocycles. The van der Waals surface area contributed by atoms with E-state index in [2.05, 4.69) is 65.8 Å². The largest absolute Gasteiger partial charge is 0.472 e. The highest BCUT2D eigenvalue weighted by atomic mass is 31.2. The molecule has 0 radical (unpaired) electrons. The summed E-state index contributed by atoms with van der Waals surface area (Å²) in [6.07, 6.45) is 64.7. The summed E-state index contributed by atoms with van der Waals surface area (Å²) in [5.41, 5.74) is 0. The molecule has 0 aromatic carbocycles. The second-order valence-corrected chi connectivity index (χ2v) is 32.3. The zero-order valence-electron chi connectivity index (χ0n) is 65.0. The zero-order chi connectivity index (χ0) is 73.5. The Bertz CT molecular complexity index is 2020. The minimum absolute atomic E-state index is 0.102. The van der Waals surface area contributed by atoms with Crippen molar-refractivity contribution in [3.05, 3.63) is 24.3 Å². The van der Waals surface area contributed by atoms with Gasteiger partial charge in [0.05, 0.1) is 26.4 Å². The maximum atomic E-state index is 13.1. The molecule has 0 aliphatic carbocycles. The lowest BCUT2D eigenvalue weighted by atomic mass is 10.0. The number of hydrogen-bond acceptors (Lipinski definition) is 15. The number of esters is 4. The van der Waals surface area contributed by atoms with Gasteiger partial charge in [0.2, 0.25) is 0 Å². The lowest BCUT2D eigenvalue weighted by Gasteiger charge is -2.21. The Hall–Kier alpha value is -2.46. The maximum Gasteiger partial charge on any atom is 0.472 e. The van der Waals surface area contributed by atoms with Gasteiger partial charge in [0.15, 0.2) is 12.2 Å². The number of aliphatic hydroxyl groups excluding tert-OH is 1. The predicted octanol–water partition coefficient (Wildman–Crippen LogP) is 23.8. The number of unbranched alkanes of at least 4 members (excludes halogenated alkanes) is 45. The predicted molar refractivity (Wildman–Crippen MR) is 409 cm³/mol. The number of phosphoric ester groups is 2. The molecule has 3 N–H and O–H groups in total. The molecule has 0 fully saturated rings. The first kappa shape index (κ1) is 97.5. The summed E-state index contributed by atoms with van der Waals surface area (Å²) < 4.78 is 68.7. The molecular weight excluding hydrogens is 1310 g/mol. The third kappa shape index (κ3) is 73.8. The number of hydrogen-bond donors (Lipinski definition) is 3. The third-order valence-corrected chi connectivity index (χ3v) is 20.2. The minimum atomic E-state index is -4.97. The average Bonchev–Trinajstić information content (AvgIpc) is 0.923. The number of ether oxygens (including phenoxy) is 4. The minimum Gasteiger partial charge on any atom is -0.462 e. The number of aliphatic hydroxyl groups is 1. The van der Waals surface area contributed by atoms with Crippen molar-refractivity contribution in [3.63, 3.8) is 0 Å². The van der Waals surface area contributed by atoms with Crippen LogP contribution in [0.2, 0.25) is 0 Å². The second-order valence-electron chi connectivity index (χ2n) is 29.4. The molecule has 5 atom stereocenters. The van der Waals surface area contributed by atoms with E-state index in [-0.39, 0.29) is 25.7 Å². The summed E-state index contributed by atoms with van der Waals surface area (Å²) in [7, 11) is -9.93. The van der Waals surface area contributed by atoms with Crippen molar-refractivity contribution >= 4 is 39.5 Å². The van der Waals surface area contributed by atoms with Gasteiger partial charge >= 0.3 is 39.5 Å². The molecule has 0 amide bonds. The topological polar surface area (TPSA) is 237 Å². The standard InChI is InChI=1S/C81H154O17P2/c1-7-9-11-13-15-17-19-21-23-24-25-26-27-29-31-33-40-47-53-59-65-80(85)97-76(69-91-78(83)63-57-51-45-39-32-30-28-22-20-18-16-14-12-10-8-2)71-95-99(87,88)93-67-75(82)68-94-100(89,90)96-72-77(70-92-79(84)64-58-52-46-42-36-38-44-50-56-62-74(5)6)98-81(86)66-60-54-48-41-35-34-37-43-49-55-61-73(3)4/h18,20,22,28,73-77,82H,7-17,19,21,23-27,29-72H2,1-6H3,(H,87,88)(H,89,90)/b20-18-,28-22-/t75-,76-,77-/m1/s1. The second kappa shape index (κ2) is 72.1. The molecule has 2 unspecified atom stereocenters. The molecule has 0 bridgehead atoms. The van der Waals surface area contributed by atoms with Crippen molar-refractivity contribution in [1.29, 1.82) is 0 Å². The molecule has 0 aromatic rings. The molecule has 0 spiro atoms. The van der Waals surface area contributed by atoms with Crippen molar-refractivity contribution in [2.45, 2.75) is 419 Å². The quantitative estimate of drug-likeness (QED) is 0.0169. The van der Waals surface area contributed by atoms with Gasteiger partial charge in [-0.05, 0) is 63.2 Å². The van der Waals surface area contributed by atoms with Gasteiger partial charge in [-0.15, -0.1) is 0 Å². The zero-order valence-corrected chi connectivity index (χ0v) is 66.8. The van der Waals surface area contributed by atoms with E-state index >= 15 is 0 Å². The normalized spacial score (nSPS) is 14.1. The van der Waals surface area contributed by atoms with Crippen LogP contribution in [0.5, 0.6) is 0 Å². The van der Waals surface area contributed by atoms with E-state index in [0.29, 0.717) is 25.7 Å².